The molecule has 0 unspecified atom stereocenters. The summed E-state index contributed by atoms with van der Waals surface area (Å²) >= 11 is 0. The normalized spacial score (nSPS) is 17.7. The fourth-order valence-electron chi connectivity index (χ4n) is 2.51. The van der Waals surface area contributed by atoms with Crippen LogP contribution in [0.4, 0.5) is 0 Å². The van der Waals surface area contributed by atoms with Gasteiger partial charge in [-0.2, -0.15) is 0 Å². The Morgan fingerprint density at radius 3 is 2.48 bits per heavy atom. The highest BCUT2D eigenvalue weighted by molar-refractivity contribution is 5.84. The van der Waals surface area contributed by atoms with Gasteiger partial charge in [0.15, 0.2) is 6.04 Å². The zero-order valence-corrected chi connectivity index (χ0v) is 13.3. The van der Waals surface area contributed by atoms with Crippen molar-refractivity contribution in [2.45, 2.75) is 18.9 Å². The van der Waals surface area contributed by atoms with Gasteiger partial charge in [-0.15, -0.1) is 0 Å². The van der Waals surface area contributed by atoms with Gasteiger partial charge in [-0.1, -0.05) is 0 Å². The highest BCUT2D eigenvalue weighted by atomic mass is 16.5. The molecule has 1 N–H and O–H groups in total. The Kier molecular flexibility index (Phi) is 5.81. The van der Waals surface area contributed by atoms with E-state index in [2.05, 4.69) is 0 Å². The van der Waals surface area contributed by atoms with Crippen molar-refractivity contribution < 1.29 is 28.9 Å². The molecule has 1 atom stereocenters. The predicted molar refractivity (Wildman–Crippen MR) is 81.8 cm³/mol. The van der Waals surface area contributed by atoms with Crippen LogP contribution >= 0.6 is 0 Å². The van der Waals surface area contributed by atoms with Gasteiger partial charge in [-0.25, -0.2) is 4.79 Å². The summed E-state index contributed by atoms with van der Waals surface area (Å²) in [5, 5.41) is 9.17. The summed E-state index contributed by atoms with van der Waals surface area (Å²) in [6, 6.07) is 4.53. The largest absolute Gasteiger partial charge is 0.497 e. The molecule has 1 fully saturated rings. The molecule has 1 aliphatic heterocycles. The van der Waals surface area contributed by atoms with E-state index in [4.69, 9.17) is 14.2 Å². The second kappa shape index (κ2) is 7.82. The molecular formula is C16H21NO6. The molecular weight excluding hydrogens is 302 g/mol. The topological polar surface area (TPSA) is 85.3 Å². The minimum Gasteiger partial charge on any atom is -0.497 e. The van der Waals surface area contributed by atoms with Crippen molar-refractivity contribution in [3.05, 3.63) is 23.8 Å². The molecule has 1 aliphatic rings. The molecule has 1 amide bonds. The second-order valence-electron chi connectivity index (χ2n) is 5.24. The minimum atomic E-state index is -1.04. The summed E-state index contributed by atoms with van der Waals surface area (Å²) < 4.78 is 15.5. The number of benzene rings is 1. The summed E-state index contributed by atoms with van der Waals surface area (Å²) in [7, 11) is 3.13. The van der Waals surface area contributed by atoms with Crippen molar-refractivity contribution in [2.75, 3.05) is 34.0 Å². The van der Waals surface area contributed by atoms with Crippen molar-refractivity contribution in [3.63, 3.8) is 0 Å². The van der Waals surface area contributed by atoms with Crippen LogP contribution in [-0.2, 0) is 20.7 Å². The van der Waals surface area contributed by atoms with Crippen LogP contribution in [-0.4, -0.2) is 61.9 Å². The first-order valence-electron chi connectivity index (χ1n) is 7.37. The van der Waals surface area contributed by atoms with Crippen LogP contribution in [0.25, 0.3) is 0 Å². The molecule has 23 heavy (non-hydrogen) atoms. The number of aliphatic carboxylic acids is 1. The first-order chi connectivity index (χ1) is 11.0. The summed E-state index contributed by atoms with van der Waals surface area (Å²) in [6.45, 7) is 0.702. The summed E-state index contributed by atoms with van der Waals surface area (Å²) in [6.07, 6.45) is 0.705. The molecule has 1 aromatic rings. The lowest BCUT2D eigenvalue weighted by atomic mass is 10.1. The molecule has 1 saturated heterocycles. The first kappa shape index (κ1) is 17.1. The van der Waals surface area contributed by atoms with Crippen LogP contribution in [0.2, 0.25) is 0 Å². The lowest BCUT2D eigenvalue weighted by Crippen LogP contribution is -2.52. The SMILES string of the molecule is COc1cc(CCC(=O)N2CCOC[C@H]2C(=O)O)cc(OC)c1. The number of nitrogens with zero attached hydrogens (tertiary/aromatic N) is 1. The smallest absolute Gasteiger partial charge is 0.328 e. The summed E-state index contributed by atoms with van der Waals surface area (Å²) in [4.78, 5) is 24.9. The Morgan fingerprint density at radius 2 is 1.91 bits per heavy atom. The number of aryl methyl sites for hydroxylation is 1. The van der Waals surface area contributed by atoms with Gasteiger partial charge in [0.05, 0.1) is 27.4 Å². The molecule has 1 aromatic carbocycles. The van der Waals surface area contributed by atoms with Crippen LogP contribution in [0.1, 0.15) is 12.0 Å². The Labute approximate surface area is 134 Å². The Hall–Kier alpha value is -2.28. The lowest BCUT2D eigenvalue weighted by molar-refractivity contribution is -0.158. The van der Waals surface area contributed by atoms with E-state index in [1.165, 1.54) is 4.90 Å². The number of morpholine rings is 1. The molecule has 2 rings (SSSR count). The summed E-state index contributed by atoms with van der Waals surface area (Å²) in [5.41, 5.74) is 0.898. The number of rotatable bonds is 6. The number of hydrogen-bond donors (Lipinski definition) is 1. The van der Waals surface area contributed by atoms with Crippen molar-refractivity contribution >= 4 is 11.9 Å². The molecule has 0 aliphatic carbocycles. The first-order valence-corrected chi connectivity index (χ1v) is 7.37. The number of carboxylic acids is 1. The molecule has 7 heteroatoms. The van der Waals surface area contributed by atoms with E-state index < -0.39 is 12.0 Å². The third-order valence-corrected chi connectivity index (χ3v) is 3.77. The third kappa shape index (κ3) is 4.35. The van der Waals surface area contributed by atoms with Crippen LogP contribution in [0.5, 0.6) is 11.5 Å². The van der Waals surface area contributed by atoms with E-state index in [1.54, 1.807) is 20.3 Å². The molecule has 0 bridgehead atoms. The quantitative estimate of drug-likeness (QED) is 0.839. The van der Waals surface area contributed by atoms with Gasteiger partial charge < -0.3 is 24.2 Å². The van der Waals surface area contributed by atoms with E-state index in [9.17, 15) is 14.7 Å². The predicted octanol–water partition coefficient (Wildman–Crippen LogP) is 0.948. The van der Waals surface area contributed by atoms with Gasteiger partial charge in [0.2, 0.25) is 5.91 Å². The van der Waals surface area contributed by atoms with Crippen molar-refractivity contribution in [3.8, 4) is 11.5 Å². The third-order valence-electron chi connectivity index (χ3n) is 3.77. The maximum absolute atomic E-state index is 12.3. The number of carboxylic acid groups (broad SMARTS) is 1. The van der Waals surface area contributed by atoms with E-state index in [0.29, 0.717) is 31.1 Å². The van der Waals surface area contributed by atoms with E-state index in [0.717, 1.165) is 5.56 Å². The van der Waals surface area contributed by atoms with Crippen molar-refractivity contribution in [1.29, 1.82) is 0 Å². The Bertz CT molecular complexity index is 551. The maximum Gasteiger partial charge on any atom is 0.328 e. The highest BCUT2D eigenvalue weighted by Crippen LogP contribution is 2.23. The number of methoxy groups -OCH3 is 2. The van der Waals surface area contributed by atoms with E-state index >= 15 is 0 Å². The Morgan fingerprint density at radius 1 is 1.26 bits per heavy atom. The zero-order chi connectivity index (χ0) is 16.8. The summed E-state index contributed by atoms with van der Waals surface area (Å²) in [5.74, 6) is 0.0757. The van der Waals surface area contributed by atoms with Crippen molar-refractivity contribution in [2.24, 2.45) is 0 Å². The van der Waals surface area contributed by atoms with Gasteiger partial charge in [0, 0.05) is 19.0 Å². The van der Waals surface area contributed by atoms with Crippen LogP contribution < -0.4 is 9.47 Å². The number of amides is 1. The van der Waals surface area contributed by atoms with E-state index in [-0.39, 0.29) is 18.9 Å². The van der Waals surface area contributed by atoms with E-state index in [1.807, 2.05) is 12.1 Å². The highest BCUT2D eigenvalue weighted by Gasteiger charge is 2.32. The maximum atomic E-state index is 12.3. The average Bonchev–Trinajstić information content (AvgIpc) is 2.59. The second-order valence-corrected chi connectivity index (χ2v) is 5.24. The van der Waals surface area contributed by atoms with Gasteiger partial charge in [0.25, 0.3) is 0 Å². The van der Waals surface area contributed by atoms with Gasteiger partial charge in [-0.05, 0) is 24.1 Å². The zero-order valence-electron chi connectivity index (χ0n) is 13.3. The number of carbonyl (C=O) groups is 2. The lowest BCUT2D eigenvalue weighted by Gasteiger charge is -2.32. The number of hydrogen-bond acceptors (Lipinski definition) is 5. The Balaban J connectivity index is 2.02. The fraction of sp³-hybridized carbons (Fsp3) is 0.500. The van der Waals surface area contributed by atoms with Crippen LogP contribution in [0.15, 0.2) is 18.2 Å². The van der Waals surface area contributed by atoms with Gasteiger partial charge >= 0.3 is 5.97 Å². The molecule has 126 valence electrons. The molecule has 0 aromatic heterocycles. The van der Waals surface area contributed by atoms with Gasteiger partial charge in [-0.3, -0.25) is 4.79 Å². The monoisotopic (exact) mass is 323 g/mol. The van der Waals surface area contributed by atoms with Crippen LogP contribution in [0.3, 0.4) is 0 Å². The molecule has 0 saturated carbocycles. The average molecular weight is 323 g/mol. The number of carbonyl (C=O) groups excluding carboxylic acids is 1. The molecule has 1 heterocycles. The fourth-order valence-corrected chi connectivity index (χ4v) is 2.51. The van der Waals surface area contributed by atoms with Crippen LogP contribution in [0, 0.1) is 0 Å². The number of ether oxygens (including phenoxy) is 3. The minimum absolute atomic E-state index is 0.0358. The molecule has 7 nitrogen and oxygen atoms in total. The van der Waals surface area contributed by atoms with Gasteiger partial charge in [0.1, 0.15) is 11.5 Å². The molecule has 0 radical (unpaired) electrons. The van der Waals surface area contributed by atoms with Crippen molar-refractivity contribution in [1.82, 2.24) is 4.90 Å². The molecule has 0 spiro atoms. The standard InChI is InChI=1S/C16H21NO6/c1-21-12-7-11(8-13(9-12)22-2)3-4-15(18)17-5-6-23-10-14(17)16(19)20/h7-9,14H,3-6,10H2,1-2H3,(H,19,20)/t14-/m0/s1.